The first-order chi connectivity index (χ1) is 19.0. The zero-order chi connectivity index (χ0) is 29.7. The Hall–Kier alpha value is -3.35. The minimum atomic E-state index is -0.847. The van der Waals surface area contributed by atoms with Gasteiger partial charge in [0.15, 0.2) is 0 Å². The maximum atomic E-state index is 14.2. The summed E-state index contributed by atoms with van der Waals surface area (Å²) in [6.07, 6.45) is 4.03. The molecular weight excluding hydrogens is 502 g/mol. The van der Waals surface area contributed by atoms with Crippen molar-refractivity contribution in [3.8, 4) is 0 Å². The average molecular weight is 552 g/mol. The van der Waals surface area contributed by atoms with Crippen LogP contribution in [0.2, 0.25) is 0 Å². The minimum absolute atomic E-state index is 0.214. The van der Waals surface area contributed by atoms with Crippen LogP contribution in [0.15, 0.2) is 54.6 Å². The largest absolute Gasteiger partial charge is 0.444 e. The molecule has 0 saturated carbocycles. The van der Waals surface area contributed by atoms with Crippen LogP contribution in [0.25, 0.3) is 0 Å². The van der Waals surface area contributed by atoms with Crippen molar-refractivity contribution in [1.82, 2.24) is 15.5 Å². The molecular formula is C33H49N3O4. The third-order valence-electron chi connectivity index (χ3n) is 6.71. The average Bonchev–Trinajstić information content (AvgIpc) is 2.91. The van der Waals surface area contributed by atoms with Crippen molar-refractivity contribution in [3.63, 3.8) is 0 Å². The molecule has 7 nitrogen and oxygen atoms in total. The molecule has 2 aromatic rings. The number of benzene rings is 2. The van der Waals surface area contributed by atoms with Crippen molar-refractivity contribution in [1.29, 1.82) is 0 Å². The number of carbonyl (C=O) groups is 3. The fraction of sp³-hybridized carbons (Fsp3) is 0.545. The van der Waals surface area contributed by atoms with Gasteiger partial charge < -0.3 is 20.3 Å². The smallest absolute Gasteiger partial charge is 0.408 e. The monoisotopic (exact) mass is 551 g/mol. The van der Waals surface area contributed by atoms with E-state index in [1.165, 1.54) is 0 Å². The Labute approximate surface area is 241 Å². The molecule has 40 heavy (non-hydrogen) atoms. The number of aryl methyl sites for hydroxylation is 1. The lowest BCUT2D eigenvalue weighted by Gasteiger charge is -2.35. The van der Waals surface area contributed by atoms with E-state index in [4.69, 9.17) is 4.74 Å². The van der Waals surface area contributed by atoms with Gasteiger partial charge in [0, 0.05) is 13.1 Å². The second-order valence-corrected chi connectivity index (χ2v) is 11.7. The van der Waals surface area contributed by atoms with Crippen LogP contribution in [0.3, 0.4) is 0 Å². The first kappa shape index (κ1) is 32.9. The highest BCUT2D eigenvalue weighted by Gasteiger charge is 2.37. The molecule has 7 heteroatoms. The fourth-order valence-electron chi connectivity index (χ4n) is 4.49. The molecule has 0 saturated heterocycles. The van der Waals surface area contributed by atoms with E-state index in [9.17, 15) is 14.4 Å². The van der Waals surface area contributed by atoms with Crippen molar-refractivity contribution in [2.24, 2.45) is 5.92 Å². The molecule has 2 rings (SSSR count). The van der Waals surface area contributed by atoms with Gasteiger partial charge in [-0.1, -0.05) is 102 Å². The predicted molar refractivity (Wildman–Crippen MR) is 161 cm³/mol. The molecule has 0 aliphatic carbocycles. The number of rotatable bonds is 14. The lowest BCUT2D eigenvalue weighted by molar-refractivity contribution is -0.143. The number of nitrogens with one attached hydrogen (secondary N) is 2. The highest BCUT2D eigenvalue weighted by atomic mass is 16.6. The van der Waals surface area contributed by atoms with Crippen LogP contribution in [0, 0.1) is 5.92 Å². The van der Waals surface area contributed by atoms with E-state index < -0.39 is 23.8 Å². The number of alkyl carbamates (subject to hydrolysis) is 1. The Morgan fingerprint density at radius 2 is 1.52 bits per heavy atom. The molecule has 3 amide bonds. The van der Waals surface area contributed by atoms with E-state index in [1.54, 1.807) is 25.7 Å². The topological polar surface area (TPSA) is 87.7 Å². The van der Waals surface area contributed by atoms with Gasteiger partial charge in [-0.25, -0.2) is 4.79 Å². The number of carbonyl (C=O) groups excluding carboxylic acids is 3. The molecule has 0 aromatic heterocycles. The Morgan fingerprint density at radius 3 is 2.08 bits per heavy atom. The standard InChI is InChI=1S/C33H49N3O4/c1-8-10-11-15-22-36(31(38)28(24(3)4)35-32(39)40-33(5,6)7)29(27-20-18-25(9-2)19-21-27)30(37)34-23-26-16-13-12-14-17-26/h12-14,16-21,24,28-29H,8-11,15,22-23H2,1-7H3,(H,34,37)(H,35,39). The van der Waals surface area contributed by atoms with Crippen LogP contribution >= 0.6 is 0 Å². The lowest BCUT2D eigenvalue weighted by atomic mass is 9.97. The fourth-order valence-corrected chi connectivity index (χ4v) is 4.49. The Kier molecular flexibility index (Phi) is 13.2. The molecule has 0 aliphatic heterocycles. The van der Waals surface area contributed by atoms with E-state index in [-0.39, 0.29) is 17.7 Å². The zero-order valence-corrected chi connectivity index (χ0v) is 25.5. The van der Waals surface area contributed by atoms with Gasteiger partial charge in [-0.15, -0.1) is 0 Å². The third kappa shape index (κ3) is 10.7. The number of nitrogens with zero attached hydrogens (tertiary/aromatic N) is 1. The highest BCUT2D eigenvalue weighted by molar-refractivity contribution is 5.92. The van der Waals surface area contributed by atoms with Crippen molar-refractivity contribution in [3.05, 3.63) is 71.3 Å². The number of hydrogen-bond acceptors (Lipinski definition) is 4. The predicted octanol–water partition coefficient (Wildman–Crippen LogP) is 6.56. The molecule has 0 bridgehead atoms. The van der Waals surface area contributed by atoms with Crippen LogP contribution in [-0.4, -0.2) is 41.0 Å². The summed E-state index contributed by atoms with van der Waals surface area (Å²) in [4.78, 5) is 42.5. The van der Waals surface area contributed by atoms with E-state index >= 15 is 0 Å². The van der Waals surface area contributed by atoms with Gasteiger partial charge >= 0.3 is 6.09 Å². The maximum Gasteiger partial charge on any atom is 0.408 e. The van der Waals surface area contributed by atoms with Crippen molar-refractivity contribution >= 4 is 17.9 Å². The second-order valence-electron chi connectivity index (χ2n) is 11.7. The summed E-state index contributed by atoms with van der Waals surface area (Å²) in [5, 5.41) is 5.85. The van der Waals surface area contributed by atoms with Crippen molar-refractivity contribution in [2.45, 2.75) is 105 Å². The number of ether oxygens (including phenoxy) is 1. The van der Waals surface area contributed by atoms with Crippen LogP contribution in [-0.2, 0) is 27.3 Å². The van der Waals surface area contributed by atoms with Crippen molar-refractivity contribution in [2.75, 3.05) is 6.54 Å². The van der Waals surface area contributed by atoms with Gasteiger partial charge in [-0.05, 0) is 56.2 Å². The molecule has 0 aliphatic rings. The maximum absolute atomic E-state index is 14.2. The SMILES string of the molecule is CCCCCCN(C(=O)C(NC(=O)OC(C)(C)C)C(C)C)C(C(=O)NCc1ccccc1)c1ccc(CC)cc1. The summed E-state index contributed by atoms with van der Waals surface area (Å²) in [5.41, 5.74) is 2.17. The molecule has 2 aromatic carbocycles. The molecule has 0 heterocycles. The van der Waals surface area contributed by atoms with E-state index in [0.29, 0.717) is 13.1 Å². The summed E-state index contributed by atoms with van der Waals surface area (Å²) in [7, 11) is 0. The summed E-state index contributed by atoms with van der Waals surface area (Å²) in [6, 6.07) is 15.9. The molecule has 2 unspecified atom stereocenters. The molecule has 2 atom stereocenters. The molecule has 0 spiro atoms. The lowest BCUT2D eigenvalue weighted by Crippen LogP contribution is -2.55. The number of hydrogen-bond donors (Lipinski definition) is 2. The summed E-state index contributed by atoms with van der Waals surface area (Å²) in [6.45, 7) is 14.1. The molecule has 0 radical (unpaired) electrons. The Bertz CT molecular complexity index is 1060. The zero-order valence-electron chi connectivity index (χ0n) is 25.5. The van der Waals surface area contributed by atoms with Gasteiger partial charge in [0.2, 0.25) is 11.8 Å². The summed E-state index contributed by atoms with van der Waals surface area (Å²) >= 11 is 0. The van der Waals surface area contributed by atoms with Crippen LogP contribution < -0.4 is 10.6 Å². The van der Waals surface area contributed by atoms with Gasteiger partial charge in [0.1, 0.15) is 17.7 Å². The van der Waals surface area contributed by atoms with Crippen LogP contribution in [0.4, 0.5) is 4.79 Å². The van der Waals surface area contributed by atoms with Crippen molar-refractivity contribution < 1.29 is 19.1 Å². The molecule has 2 N–H and O–H groups in total. The minimum Gasteiger partial charge on any atom is -0.444 e. The second kappa shape index (κ2) is 16.0. The van der Waals surface area contributed by atoms with E-state index in [0.717, 1.165) is 48.8 Å². The molecule has 220 valence electrons. The van der Waals surface area contributed by atoms with Gasteiger partial charge in [0.05, 0.1) is 0 Å². The van der Waals surface area contributed by atoms with Gasteiger partial charge in [-0.2, -0.15) is 0 Å². The van der Waals surface area contributed by atoms with E-state index in [2.05, 4.69) is 24.5 Å². The first-order valence-corrected chi connectivity index (χ1v) is 14.7. The van der Waals surface area contributed by atoms with Gasteiger partial charge in [0.25, 0.3) is 0 Å². The Balaban J connectivity index is 2.46. The van der Waals surface area contributed by atoms with E-state index in [1.807, 2.05) is 68.4 Å². The van der Waals surface area contributed by atoms with Crippen LogP contribution in [0.1, 0.15) is 96.9 Å². The highest BCUT2D eigenvalue weighted by Crippen LogP contribution is 2.26. The summed E-state index contributed by atoms with van der Waals surface area (Å²) < 4.78 is 5.47. The quantitative estimate of drug-likeness (QED) is 0.260. The first-order valence-electron chi connectivity index (χ1n) is 14.7. The molecule has 0 fully saturated rings. The number of amides is 3. The Morgan fingerprint density at radius 1 is 0.875 bits per heavy atom. The third-order valence-corrected chi connectivity index (χ3v) is 6.71. The number of unbranched alkanes of at least 4 members (excludes halogenated alkanes) is 3. The van der Waals surface area contributed by atoms with Gasteiger partial charge in [-0.3, -0.25) is 9.59 Å². The normalized spacial score (nSPS) is 12.9. The summed E-state index contributed by atoms with van der Waals surface area (Å²) in [5.74, 6) is -0.762. The van der Waals surface area contributed by atoms with Crippen LogP contribution in [0.5, 0.6) is 0 Å².